The first kappa shape index (κ1) is 12.0. The van der Waals surface area contributed by atoms with Gasteiger partial charge in [0, 0.05) is 10.4 Å². The molecule has 6 heteroatoms. The number of thiazole rings is 1. The second-order valence-electron chi connectivity index (χ2n) is 4.17. The highest BCUT2D eigenvalue weighted by molar-refractivity contribution is 7.15. The molecule has 0 saturated heterocycles. The lowest BCUT2D eigenvalue weighted by Crippen LogP contribution is -1.99. The first-order chi connectivity index (χ1) is 9.13. The number of nitrogens with zero attached hydrogens (tertiary/aromatic N) is 1. The van der Waals surface area contributed by atoms with E-state index in [1.165, 1.54) is 11.3 Å². The van der Waals surface area contributed by atoms with Crippen molar-refractivity contribution in [2.75, 3.05) is 6.79 Å². The highest BCUT2D eigenvalue weighted by atomic mass is 32.1. The van der Waals surface area contributed by atoms with Crippen LogP contribution < -0.4 is 9.47 Å². The number of rotatable bonds is 3. The number of fused-ring (bicyclic) bond motifs is 1. The van der Waals surface area contributed by atoms with Crippen LogP contribution in [-0.2, 0) is 11.2 Å². The predicted octanol–water partition coefficient (Wildman–Crippen LogP) is 2.47. The Morgan fingerprint density at radius 1 is 1.42 bits per heavy atom. The van der Waals surface area contributed by atoms with E-state index in [4.69, 9.17) is 14.6 Å². The summed E-state index contributed by atoms with van der Waals surface area (Å²) in [6.45, 7) is 2.06. The largest absolute Gasteiger partial charge is 0.481 e. The third-order valence-electron chi connectivity index (χ3n) is 2.82. The quantitative estimate of drug-likeness (QED) is 0.933. The molecule has 5 nitrogen and oxygen atoms in total. The molecule has 1 N–H and O–H groups in total. The van der Waals surface area contributed by atoms with E-state index in [9.17, 15) is 4.79 Å². The predicted molar refractivity (Wildman–Crippen MR) is 69.7 cm³/mol. The van der Waals surface area contributed by atoms with Crippen LogP contribution in [0.25, 0.3) is 10.6 Å². The van der Waals surface area contributed by atoms with Gasteiger partial charge in [0.15, 0.2) is 11.5 Å². The summed E-state index contributed by atoms with van der Waals surface area (Å²) in [5.41, 5.74) is 1.68. The molecule has 0 spiro atoms. The van der Waals surface area contributed by atoms with Crippen molar-refractivity contribution in [2.24, 2.45) is 0 Å². The average molecular weight is 277 g/mol. The number of aryl methyl sites for hydroxylation is 1. The van der Waals surface area contributed by atoms with Gasteiger partial charge in [-0.25, -0.2) is 4.98 Å². The van der Waals surface area contributed by atoms with Gasteiger partial charge in [0.2, 0.25) is 6.79 Å². The average Bonchev–Trinajstić information content (AvgIpc) is 2.95. The molecule has 0 amide bonds. The van der Waals surface area contributed by atoms with Gasteiger partial charge < -0.3 is 14.6 Å². The van der Waals surface area contributed by atoms with Crippen molar-refractivity contribution in [3.63, 3.8) is 0 Å². The summed E-state index contributed by atoms with van der Waals surface area (Å²) in [5.74, 6) is 0.580. The minimum absolute atomic E-state index is 0.00799. The first-order valence-electron chi connectivity index (χ1n) is 5.71. The molecule has 2 aromatic rings. The van der Waals surface area contributed by atoms with Crippen LogP contribution in [0.15, 0.2) is 18.2 Å². The number of carboxylic acids is 1. The maximum atomic E-state index is 10.8. The van der Waals surface area contributed by atoms with Crippen LogP contribution in [0.3, 0.4) is 0 Å². The molecular formula is C13H11NO4S. The van der Waals surface area contributed by atoms with Crippen LogP contribution in [0.1, 0.15) is 10.6 Å². The van der Waals surface area contributed by atoms with E-state index in [1.807, 2.05) is 25.1 Å². The third kappa shape index (κ3) is 2.26. The van der Waals surface area contributed by atoms with E-state index in [-0.39, 0.29) is 13.2 Å². The summed E-state index contributed by atoms with van der Waals surface area (Å²) in [5, 5.41) is 9.64. The van der Waals surface area contributed by atoms with Crippen molar-refractivity contribution < 1.29 is 19.4 Å². The Bertz CT molecular complexity index is 650. The molecule has 0 radical (unpaired) electrons. The fourth-order valence-electron chi connectivity index (χ4n) is 1.88. The monoisotopic (exact) mass is 277 g/mol. The van der Waals surface area contributed by atoms with Gasteiger partial charge in [-0.05, 0) is 25.1 Å². The lowest BCUT2D eigenvalue weighted by atomic mass is 10.2. The van der Waals surface area contributed by atoms with Crippen LogP contribution in [0.5, 0.6) is 11.5 Å². The van der Waals surface area contributed by atoms with Crippen LogP contribution in [0.2, 0.25) is 0 Å². The standard InChI is InChI=1S/C13H11NO4S/c1-7-11(5-12(15)16)19-13(14-7)8-2-3-9-10(4-8)18-6-17-9/h2-4H,5-6H2,1H3,(H,15,16). The highest BCUT2D eigenvalue weighted by Gasteiger charge is 2.17. The van der Waals surface area contributed by atoms with Crippen LogP contribution in [-0.4, -0.2) is 22.9 Å². The van der Waals surface area contributed by atoms with Gasteiger partial charge in [0.1, 0.15) is 5.01 Å². The number of hydrogen-bond acceptors (Lipinski definition) is 5. The second-order valence-corrected chi connectivity index (χ2v) is 5.25. The highest BCUT2D eigenvalue weighted by Crippen LogP contribution is 2.37. The Morgan fingerprint density at radius 3 is 3.00 bits per heavy atom. The summed E-state index contributed by atoms with van der Waals surface area (Å²) in [4.78, 5) is 16.0. The van der Waals surface area contributed by atoms with Crippen molar-refractivity contribution in [1.82, 2.24) is 4.98 Å². The molecule has 1 aliphatic heterocycles. The van der Waals surface area contributed by atoms with Crippen molar-refractivity contribution in [2.45, 2.75) is 13.3 Å². The summed E-state index contributed by atoms with van der Waals surface area (Å²) >= 11 is 1.40. The Morgan fingerprint density at radius 2 is 2.21 bits per heavy atom. The molecule has 0 atom stereocenters. The van der Waals surface area contributed by atoms with E-state index in [1.54, 1.807) is 0 Å². The molecule has 1 aromatic heterocycles. The van der Waals surface area contributed by atoms with Gasteiger partial charge in [-0.2, -0.15) is 0 Å². The Kier molecular flexibility index (Phi) is 2.87. The SMILES string of the molecule is Cc1nc(-c2ccc3c(c2)OCO3)sc1CC(=O)O. The molecule has 98 valence electrons. The number of carbonyl (C=O) groups is 1. The number of benzene rings is 1. The minimum atomic E-state index is -0.844. The van der Waals surface area contributed by atoms with Gasteiger partial charge in [-0.15, -0.1) is 11.3 Å². The maximum Gasteiger partial charge on any atom is 0.308 e. The molecule has 1 aliphatic rings. The molecule has 19 heavy (non-hydrogen) atoms. The zero-order valence-corrected chi connectivity index (χ0v) is 11.0. The van der Waals surface area contributed by atoms with E-state index in [2.05, 4.69) is 4.98 Å². The maximum absolute atomic E-state index is 10.8. The van der Waals surface area contributed by atoms with Crippen molar-refractivity contribution >= 4 is 17.3 Å². The molecule has 1 aromatic carbocycles. The molecule has 3 rings (SSSR count). The lowest BCUT2D eigenvalue weighted by Gasteiger charge is -1.98. The Labute approximate surface area is 113 Å². The smallest absolute Gasteiger partial charge is 0.308 e. The van der Waals surface area contributed by atoms with E-state index < -0.39 is 5.97 Å². The van der Waals surface area contributed by atoms with Crippen molar-refractivity contribution in [3.8, 4) is 22.1 Å². The van der Waals surface area contributed by atoms with Gasteiger partial charge in [-0.1, -0.05) is 0 Å². The number of aromatic nitrogens is 1. The normalized spacial score (nSPS) is 12.7. The number of ether oxygens (including phenoxy) is 2. The Balaban J connectivity index is 1.96. The zero-order valence-electron chi connectivity index (χ0n) is 10.2. The lowest BCUT2D eigenvalue weighted by molar-refractivity contribution is -0.136. The summed E-state index contributed by atoms with van der Waals surface area (Å²) in [6, 6.07) is 5.60. The molecule has 0 saturated carbocycles. The van der Waals surface area contributed by atoms with Crippen LogP contribution >= 0.6 is 11.3 Å². The number of hydrogen-bond donors (Lipinski definition) is 1. The second kappa shape index (κ2) is 4.55. The molecule has 0 fully saturated rings. The fraction of sp³-hybridized carbons (Fsp3) is 0.231. The number of aliphatic carboxylic acids is 1. The Hall–Kier alpha value is -2.08. The molecule has 2 heterocycles. The van der Waals surface area contributed by atoms with Crippen molar-refractivity contribution in [3.05, 3.63) is 28.8 Å². The number of carboxylic acid groups (broad SMARTS) is 1. The third-order valence-corrected chi connectivity index (χ3v) is 4.03. The fourth-order valence-corrected chi connectivity index (χ4v) is 2.93. The molecular weight excluding hydrogens is 266 g/mol. The summed E-state index contributed by atoms with van der Waals surface area (Å²) in [7, 11) is 0. The van der Waals surface area contributed by atoms with Crippen molar-refractivity contribution in [1.29, 1.82) is 0 Å². The summed E-state index contributed by atoms with van der Waals surface area (Å²) in [6.07, 6.45) is 0.00799. The van der Waals surface area contributed by atoms with Crippen LogP contribution in [0, 0.1) is 6.92 Å². The zero-order chi connectivity index (χ0) is 13.4. The van der Waals surface area contributed by atoms with Gasteiger partial charge in [0.05, 0.1) is 12.1 Å². The molecule has 0 unspecified atom stereocenters. The first-order valence-corrected chi connectivity index (χ1v) is 6.53. The summed E-state index contributed by atoms with van der Waals surface area (Å²) < 4.78 is 10.6. The van der Waals surface area contributed by atoms with E-state index >= 15 is 0 Å². The van der Waals surface area contributed by atoms with Gasteiger partial charge >= 0.3 is 5.97 Å². The topological polar surface area (TPSA) is 68.7 Å². The molecule has 0 aliphatic carbocycles. The van der Waals surface area contributed by atoms with E-state index in [0.29, 0.717) is 5.75 Å². The van der Waals surface area contributed by atoms with Gasteiger partial charge in [0.25, 0.3) is 0 Å². The van der Waals surface area contributed by atoms with Gasteiger partial charge in [-0.3, -0.25) is 4.79 Å². The minimum Gasteiger partial charge on any atom is -0.481 e. The molecule has 0 bridgehead atoms. The van der Waals surface area contributed by atoms with Crippen LogP contribution in [0.4, 0.5) is 0 Å². The van der Waals surface area contributed by atoms with E-state index in [0.717, 1.165) is 26.9 Å².